The van der Waals surface area contributed by atoms with Gasteiger partial charge in [0.2, 0.25) is 11.8 Å². The summed E-state index contributed by atoms with van der Waals surface area (Å²) in [5.74, 6) is -0.0184. The summed E-state index contributed by atoms with van der Waals surface area (Å²) < 4.78 is 0. The first kappa shape index (κ1) is 29.6. The summed E-state index contributed by atoms with van der Waals surface area (Å²) in [7, 11) is 0. The van der Waals surface area contributed by atoms with Gasteiger partial charge >= 0.3 is 0 Å². The fraction of sp³-hybridized carbons (Fsp3) is 0.444. The molecule has 0 aromatic heterocycles. The van der Waals surface area contributed by atoms with Gasteiger partial charge in [-0.15, -0.1) is 0 Å². The van der Waals surface area contributed by atoms with Crippen molar-refractivity contribution in [3.8, 4) is 0 Å². The predicted molar refractivity (Wildman–Crippen MR) is 164 cm³/mol. The maximum Gasteiger partial charge on any atom is 0.243 e. The van der Waals surface area contributed by atoms with E-state index in [0.717, 1.165) is 47.9 Å². The van der Waals surface area contributed by atoms with Crippen molar-refractivity contribution < 1.29 is 9.59 Å². The lowest BCUT2D eigenvalue weighted by molar-refractivity contribution is -0.141. The molecule has 0 spiro atoms. The number of benzene rings is 3. The molecule has 1 saturated carbocycles. The first-order valence-corrected chi connectivity index (χ1v) is 15.0. The third-order valence-electron chi connectivity index (χ3n) is 8.27. The summed E-state index contributed by atoms with van der Waals surface area (Å²) in [6.45, 7) is 9.12. The topological polar surface area (TPSA) is 49.4 Å². The average Bonchev–Trinajstić information content (AvgIpc) is 2.95. The maximum atomic E-state index is 14.0. The molecule has 1 atom stereocenters. The molecule has 0 saturated heterocycles. The van der Waals surface area contributed by atoms with Crippen LogP contribution in [0, 0.1) is 6.92 Å². The molecule has 0 aliphatic heterocycles. The molecule has 1 fully saturated rings. The summed E-state index contributed by atoms with van der Waals surface area (Å²) in [6.07, 6.45) is 7.06. The fourth-order valence-corrected chi connectivity index (χ4v) is 5.64. The van der Waals surface area contributed by atoms with Gasteiger partial charge in [0.25, 0.3) is 0 Å². The van der Waals surface area contributed by atoms with E-state index in [1.165, 1.54) is 12.0 Å². The summed E-state index contributed by atoms with van der Waals surface area (Å²) >= 11 is 0. The van der Waals surface area contributed by atoms with Crippen molar-refractivity contribution in [2.45, 2.75) is 103 Å². The van der Waals surface area contributed by atoms with Gasteiger partial charge in [-0.3, -0.25) is 9.59 Å². The Morgan fingerprint density at radius 1 is 0.850 bits per heavy atom. The molecule has 4 heteroatoms. The molecule has 1 aliphatic carbocycles. The first-order chi connectivity index (χ1) is 19.2. The zero-order valence-electron chi connectivity index (χ0n) is 24.8. The highest BCUT2D eigenvalue weighted by atomic mass is 16.2. The van der Waals surface area contributed by atoms with Crippen molar-refractivity contribution >= 4 is 11.8 Å². The first-order valence-electron chi connectivity index (χ1n) is 15.0. The monoisotopic (exact) mass is 538 g/mol. The predicted octanol–water partition coefficient (Wildman–Crippen LogP) is 7.31. The van der Waals surface area contributed by atoms with Crippen molar-refractivity contribution in [2.75, 3.05) is 0 Å². The van der Waals surface area contributed by atoms with Gasteiger partial charge in [0.1, 0.15) is 6.04 Å². The van der Waals surface area contributed by atoms with E-state index < -0.39 is 6.04 Å². The van der Waals surface area contributed by atoms with Crippen molar-refractivity contribution in [3.63, 3.8) is 0 Å². The lowest BCUT2D eigenvalue weighted by Crippen LogP contribution is -2.53. The number of hydrogen-bond acceptors (Lipinski definition) is 2. The molecule has 3 aromatic carbocycles. The minimum Gasteiger partial charge on any atom is -0.352 e. The molecule has 0 bridgehead atoms. The number of nitrogens with one attached hydrogen (secondary N) is 1. The molecule has 4 nitrogen and oxygen atoms in total. The van der Waals surface area contributed by atoms with Gasteiger partial charge in [-0.1, -0.05) is 119 Å². The number of hydrogen-bond donors (Lipinski definition) is 1. The second kappa shape index (κ2) is 13.8. The number of carbonyl (C=O) groups excluding carboxylic acids is 2. The van der Waals surface area contributed by atoms with Gasteiger partial charge in [-0.2, -0.15) is 0 Å². The van der Waals surface area contributed by atoms with Gasteiger partial charge < -0.3 is 10.2 Å². The van der Waals surface area contributed by atoms with Crippen LogP contribution >= 0.6 is 0 Å². The second-order valence-corrected chi connectivity index (χ2v) is 12.4. The minimum absolute atomic E-state index is 0.0166. The van der Waals surface area contributed by atoms with Crippen LogP contribution in [-0.4, -0.2) is 28.8 Å². The Morgan fingerprint density at radius 2 is 1.50 bits per heavy atom. The van der Waals surface area contributed by atoms with Crippen LogP contribution < -0.4 is 5.32 Å². The van der Waals surface area contributed by atoms with Crippen LogP contribution in [0.3, 0.4) is 0 Å². The summed E-state index contributed by atoms with van der Waals surface area (Å²) in [5, 5.41) is 3.34. The maximum absolute atomic E-state index is 14.0. The van der Waals surface area contributed by atoms with E-state index in [2.05, 4.69) is 69.4 Å². The highest BCUT2D eigenvalue weighted by Crippen LogP contribution is 2.24. The number of carbonyl (C=O) groups is 2. The van der Waals surface area contributed by atoms with Gasteiger partial charge in [0.15, 0.2) is 0 Å². The number of nitrogens with zero attached hydrogens (tertiary/aromatic N) is 1. The van der Waals surface area contributed by atoms with Gasteiger partial charge in [0, 0.05) is 25.4 Å². The summed E-state index contributed by atoms with van der Waals surface area (Å²) in [4.78, 5) is 29.8. The molecule has 40 heavy (non-hydrogen) atoms. The van der Waals surface area contributed by atoms with Gasteiger partial charge in [0.05, 0.1) is 0 Å². The van der Waals surface area contributed by atoms with Crippen molar-refractivity contribution in [1.29, 1.82) is 0 Å². The van der Waals surface area contributed by atoms with Crippen LogP contribution in [0.2, 0.25) is 0 Å². The molecule has 4 rings (SSSR count). The molecule has 3 aromatic rings. The molecule has 1 aliphatic rings. The molecule has 1 unspecified atom stereocenters. The average molecular weight is 539 g/mol. The standard InChI is InChI=1S/C36H46N2O2/c1-27-13-11-12-16-30(27)26-38(34(39)24-21-28-19-22-31(23-20-28)36(2,3)4)33(25-29-14-7-5-8-15-29)35(40)37-32-17-9-6-10-18-32/h5,7-8,11-16,19-20,22-23,32-33H,6,9-10,17-18,21,24-26H2,1-4H3,(H,37,40). The molecule has 2 amide bonds. The van der Waals surface area contributed by atoms with Crippen LogP contribution in [0.15, 0.2) is 78.9 Å². The number of amides is 2. The highest BCUT2D eigenvalue weighted by molar-refractivity contribution is 5.88. The Morgan fingerprint density at radius 3 is 2.15 bits per heavy atom. The Labute approximate surface area is 241 Å². The van der Waals surface area contributed by atoms with Crippen LogP contribution in [0.5, 0.6) is 0 Å². The molecule has 1 N–H and O–H groups in total. The number of aryl methyl sites for hydroxylation is 2. The molecule has 0 radical (unpaired) electrons. The van der Waals surface area contributed by atoms with E-state index in [1.54, 1.807) is 0 Å². The summed E-state index contributed by atoms with van der Waals surface area (Å²) in [6, 6.07) is 26.5. The van der Waals surface area contributed by atoms with E-state index >= 15 is 0 Å². The molecule has 212 valence electrons. The zero-order chi connectivity index (χ0) is 28.5. The van der Waals surface area contributed by atoms with E-state index in [-0.39, 0.29) is 23.3 Å². The van der Waals surface area contributed by atoms with E-state index in [9.17, 15) is 9.59 Å². The SMILES string of the molecule is Cc1ccccc1CN(C(=O)CCc1ccc(C(C)(C)C)cc1)C(Cc1ccccc1)C(=O)NC1CCCCC1. The van der Waals surface area contributed by atoms with E-state index in [1.807, 2.05) is 47.4 Å². The number of rotatable bonds is 10. The van der Waals surface area contributed by atoms with E-state index in [4.69, 9.17) is 0 Å². The summed E-state index contributed by atoms with van der Waals surface area (Å²) in [5.41, 5.74) is 5.79. The molecular weight excluding hydrogens is 492 g/mol. The second-order valence-electron chi connectivity index (χ2n) is 12.4. The Hall–Kier alpha value is -3.40. The largest absolute Gasteiger partial charge is 0.352 e. The normalized spacial score (nSPS) is 14.9. The van der Waals surface area contributed by atoms with Crippen LogP contribution in [0.4, 0.5) is 0 Å². The van der Waals surface area contributed by atoms with Gasteiger partial charge in [-0.25, -0.2) is 0 Å². The fourth-order valence-electron chi connectivity index (χ4n) is 5.64. The zero-order valence-corrected chi connectivity index (χ0v) is 24.8. The van der Waals surface area contributed by atoms with Crippen LogP contribution in [0.1, 0.15) is 87.1 Å². The Balaban J connectivity index is 1.59. The highest BCUT2D eigenvalue weighted by Gasteiger charge is 2.32. The third kappa shape index (κ3) is 8.30. The minimum atomic E-state index is -0.570. The van der Waals surface area contributed by atoms with Crippen LogP contribution in [-0.2, 0) is 34.4 Å². The van der Waals surface area contributed by atoms with Crippen molar-refractivity contribution in [2.24, 2.45) is 0 Å². The molecule has 0 heterocycles. The van der Waals surface area contributed by atoms with Crippen LogP contribution in [0.25, 0.3) is 0 Å². The Kier molecular flexibility index (Phi) is 10.2. The molecular formula is C36H46N2O2. The van der Waals surface area contributed by atoms with Crippen molar-refractivity contribution in [1.82, 2.24) is 10.2 Å². The smallest absolute Gasteiger partial charge is 0.243 e. The third-order valence-corrected chi connectivity index (χ3v) is 8.27. The van der Waals surface area contributed by atoms with E-state index in [0.29, 0.717) is 25.8 Å². The lowest BCUT2D eigenvalue weighted by Gasteiger charge is -2.34. The van der Waals surface area contributed by atoms with Gasteiger partial charge in [-0.05, 0) is 59.4 Å². The lowest BCUT2D eigenvalue weighted by atomic mass is 9.86. The van der Waals surface area contributed by atoms with Crippen molar-refractivity contribution in [3.05, 3.63) is 107 Å². The Bertz CT molecular complexity index is 1240. The quantitative estimate of drug-likeness (QED) is 0.294.